The fourth-order valence-corrected chi connectivity index (χ4v) is 5.29. The molecule has 0 radical (unpaired) electrons. The number of imidazole rings is 1. The summed E-state index contributed by atoms with van der Waals surface area (Å²) in [6.07, 6.45) is -0.552. The first-order valence-electron chi connectivity index (χ1n) is 8.48. The van der Waals surface area contributed by atoms with E-state index in [9.17, 15) is 15.3 Å². The highest BCUT2D eigenvalue weighted by molar-refractivity contribution is 14.1. The molecule has 0 amide bonds. The summed E-state index contributed by atoms with van der Waals surface area (Å²) >= 11 is 9.65. The van der Waals surface area contributed by atoms with Crippen LogP contribution in [-0.2, 0) is 6.54 Å². The summed E-state index contributed by atoms with van der Waals surface area (Å²) in [5.74, 6) is 0.490. The zero-order chi connectivity index (χ0) is 19.8. The minimum atomic E-state index is -1.06. The molecule has 8 nitrogen and oxygen atoms in total. The second-order valence-electron chi connectivity index (χ2n) is 6.38. The highest BCUT2D eigenvalue weighted by atomic mass is 127. The van der Waals surface area contributed by atoms with E-state index >= 15 is 0 Å². The largest absolute Gasteiger partial charge is 0.395 e. The maximum Gasteiger partial charge on any atom is 0.226 e. The molecule has 0 unspecified atom stereocenters. The minimum absolute atomic E-state index is 0.0520. The van der Waals surface area contributed by atoms with Crippen molar-refractivity contribution in [3.63, 3.8) is 0 Å². The van der Waals surface area contributed by atoms with Gasteiger partial charge in [-0.05, 0) is 51.9 Å². The van der Waals surface area contributed by atoms with E-state index in [1.54, 1.807) is 10.9 Å². The number of nitrogens with zero attached hydrogens (tertiary/aromatic N) is 4. The summed E-state index contributed by atoms with van der Waals surface area (Å²) in [5, 5.41) is 32.2. The number of hydrogen-bond donors (Lipinski definition) is 4. The first kappa shape index (κ1) is 20.1. The van der Waals surface area contributed by atoms with Crippen LogP contribution < -0.4 is 5.32 Å². The zero-order valence-electron chi connectivity index (χ0n) is 14.4. The molecule has 11 heteroatoms. The summed E-state index contributed by atoms with van der Waals surface area (Å²) in [4.78, 5) is 12.9. The third-order valence-corrected chi connectivity index (χ3v) is 6.94. The van der Waals surface area contributed by atoms with Crippen molar-refractivity contribution in [3.05, 3.63) is 45.0 Å². The van der Waals surface area contributed by atoms with Crippen molar-refractivity contribution in [2.45, 2.75) is 29.4 Å². The van der Waals surface area contributed by atoms with E-state index in [-0.39, 0.29) is 11.9 Å². The minimum Gasteiger partial charge on any atom is -0.395 e. The third-order valence-electron chi connectivity index (χ3n) is 4.53. The average molecular weight is 534 g/mol. The van der Waals surface area contributed by atoms with Gasteiger partial charge in [0.05, 0.1) is 24.3 Å². The molecule has 4 atom stereocenters. The molecule has 3 aromatic rings. The van der Waals surface area contributed by atoms with Gasteiger partial charge in [0, 0.05) is 10.1 Å². The lowest BCUT2D eigenvalue weighted by molar-refractivity contribution is 0.0113. The van der Waals surface area contributed by atoms with E-state index in [4.69, 9.17) is 11.6 Å². The number of rotatable bonds is 5. The Hall–Kier alpha value is -1.18. The predicted molar refractivity (Wildman–Crippen MR) is 116 cm³/mol. The number of halogens is 2. The number of aromatic nitrogens is 4. The van der Waals surface area contributed by atoms with Gasteiger partial charge < -0.3 is 20.6 Å². The fraction of sp³-hybridized carbons (Fsp3) is 0.353. The molecule has 1 saturated heterocycles. The van der Waals surface area contributed by atoms with Gasteiger partial charge in [-0.25, -0.2) is 4.98 Å². The quantitative estimate of drug-likeness (QED) is 0.291. The number of fused-ring (bicyclic) bond motifs is 1. The van der Waals surface area contributed by atoms with Crippen LogP contribution in [0.1, 0.15) is 10.9 Å². The number of nitrogens with one attached hydrogen (secondary N) is 1. The Balaban J connectivity index is 1.65. The molecule has 28 heavy (non-hydrogen) atoms. The molecule has 0 bridgehead atoms. The third kappa shape index (κ3) is 3.81. The van der Waals surface area contributed by atoms with Crippen LogP contribution in [0.3, 0.4) is 0 Å². The van der Waals surface area contributed by atoms with Crippen LogP contribution in [0.5, 0.6) is 0 Å². The summed E-state index contributed by atoms with van der Waals surface area (Å²) < 4.78 is 2.80. The number of aliphatic hydroxyl groups excluding tert-OH is 3. The number of anilines is 1. The molecule has 4 N–H and O–H groups in total. The van der Waals surface area contributed by atoms with Gasteiger partial charge in [-0.15, -0.1) is 11.8 Å². The van der Waals surface area contributed by atoms with Gasteiger partial charge in [-0.2, -0.15) is 9.97 Å². The van der Waals surface area contributed by atoms with Crippen molar-refractivity contribution in [2.75, 3.05) is 11.9 Å². The molecular formula is C17H17ClIN5O3S. The van der Waals surface area contributed by atoms with Gasteiger partial charge in [0.15, 0.2) is 17.0 Å². The molecule has 0 aliphatic carbocycles. The molecule has 1 fully saturated rings. The SMILES string of the molecule is OC[C@H]1S[C@H](n2cnc3c(NCc4cccc(I)c4)nc(Cl)nc32)[C@H](O)[C@@H]1O. The topological polar surface area (TPSA) is 116 Å². The van der Waals surface area contributed by atoms with Gasteiger partial charge in [0.2, 0.25) is 5.28 Å². The second kappa shape index (κ2) is 8.28. The van der Waals surface area contributed by atoms with E-state index in [2.05, 4.69) is 48.9 Å². The standard InChI is InChI=1S/C17H17ClIN5O3S/c18-17-22-14(20-5-8-2-1-3-9(19)4-8)11-15(23-17)24(7-21-11)16-13(27)12(26)10(6-25)28-16/h1-4,7,10,12-13,16,25-27H,5-6H2,(H,20,22,23)/t10-,12-,13-,16+/m1/s1. The maximum absolute atomic E-state index is 10.4. The summed E-state index contributed by atoms with van der Waals surface area (Å²) in [5.41, 5.74) is 2.06. The first-order chi connectivity index (χ1) is 13.5. The van der Waals surface area contributed by atoms with Crippen LogP contribution in [0, 0.1) is 3.57 Å². The molecule has 2 aromatic heterocycles. The van der Waals surface area contributed by atoms with Crippen molar-refractivity contribution in [1.82, 2.24) is 19.5 Å². The highest BCUT2D eigenvalue weighted by Crippen LogP contribution is 2.43. The van der Waals surface area contributed by atoms with Crippen LogP contribution in [0.4, 0.5) is 5.82 Å². The average Bonchev–Trinajstić information content (AvgIpc) is 3.21. The summed E-state index contributed by atoms with van der Waals surface area (Å²) in [6, 6.07) is 8.07. The Morgan fingerprint density at radius 3 is 2.79 bits per heavy atom. The number of hydrogen-bond acceptors (Lipinski definition) is 8. The summed E-state index contributed by atoms with van der Waals surface area (Å²) in [7, 11) is 0. The Labute approximate surface area is 183 Å². The van der Waals surface area contributed by atoms with E-state index in [1.807, 2.05) is 18.2 Å². The van der Waals surface area contributed by atoms with E-state index in [0.29, 0.717) is 23.5 Å². The van der Waals surface area contributed by atoms with E-state index < -0.39 is 22.8 Å². The number of benzene rings is 1. The molecule has 1 aliphatic heterocycles. The van der Waals surface area contributed by atoms with Crippen LogP contribution in [0.25, 0.3) is 11.2 Å². The number of thioether (sulfide) groups is 1. The lowest BCUT2D eigenvalue weighted by Crippen LogP contribution is -2.32. The van der Waals surface area contributed by atoms with Gasteiger partial charge in [-0.3, -0.25) is 4.57 Å². The van der Waals surface area contributed by atoms with Gasteiger partial charge in [0.25, 0.3) is 0 Å². The molecule has 0 saturated carbocycles. The number of aliphatic hydroxyl groups is 3. The fourth-order valence-electron chi connectivity index (χ4n) is 3.14. The molecule has 148 valence electrons. The maximum atomic E-state index is 10.4. The smallest absolute Gasteiger partial charge is 0.226 e. The Bertz CT molecular complexity index is 1010. The first-order valence-corrected chi connectivity index (χ1v) is 10.9. The lowest BCUT2D eigenvalue weighted by Gasteiger charge is -2.17. The lowest BCUT2D eigenvalue weighted by atomic mass is 10.1. The van der Waals surface area contributed by atoms with Crippen molar-refractivity contribution in [1.29, 1.82) is 0 Å². The van der Waals surface area contributed by atoms with Crippen molar-refractivity contribution in [3.8, 4) is 0 Å². The van der Waals surface area contributed by atoms with Crippen LogP contribution in [0.2, 0.25) is 5.28 Å². The van der Waals surface area contributed by atoms with Crippen molar-refractivity contribution in [2.24, 2.45) is 0 Å². The molecule has 1 aliphatic rings. The van der Waals surface area contributed by atoms with Crippen molar-refractivity contribution < 1.29 is 15.3 Å². The molecule has 3 heterocycles. The van der Waals surface area contributed by atoms with Crippen molar-refractivity contribution >= 4 is 62.9 Å². The van der Waals surface area contributed by atoms with Gasteiger partial charge in [0.1, 0.15) is 11.5 Å². The zero-order valence-corrected chi connectivity index (χ0v) is 18.1. The van der Waals surface area contributed by atoms with E-state index in [0.717, 1.165) is 9.13 Å². The monoisotopic (exact) mass is 533 g/mol. The Morgan fingerprint density at radius 2 is 2.07 bits per heavy atom. The molecule has 1 aromatic carbocycles. The molecular weight excluding hydrogens is 517 g/mol. The Morgan fingerprint density at radius 1 is 1.25 bits per heavy atom. The van der Waals surface area contributed by atoms with Gasteiger partial charge >= 0.3 is 0 Å². The molecule has 4 rings (SSSR count). The second-order valence-corrected chi connectivity index (χ2v) is 9.32. The predicted octanol–water partition coefficient (Wildman–Crippen LogP) is 2.02. The van der Waals surface area contributed by atoms with Crippen LogP contribution in [0.15, 0.2) is 30.6 Å². The van der Waals surface area contributed by atoms with Crippen LogP contribution >= 0.6 is 46.0 Å². The van der Waals surface area contributed by atoms with Gasteiger partial charge in [-0.1, -0.05) is 12.1 Å². The summed E-state index contributed by atoms with van der Waals surface area (Å²) in [6.45, 7) is 0.308. The van der Waals surface area contributed by atoms with E-state index in [1.165, 1.54) is 11.8 Å². The normalized spacial score (nSPS) is 24.8. The van der Waals surface area contributed by atoms with Crippen LogP contribution in [-0.4, -0.2) is 58.9 Å². The Kier molecular flexibility index (Phi) is 5.95. The molecule has 0 spiro atoms. The highest BCUT2D eigenvalue weighted by Gasteiger charge is 2.43.